The third-order valence-corrected chi connectivity index (χ3v) is 3.30. The molecule has 0 aliphatic carbocycles. The molecule has 1 heterocycles. The van der Waals surface area contributed by atoms with E-state index in [9.17, 15) is 14.7 Å². The summed E-state index contributed by atoms with van der Waals surface area (Å²) in [4.78, 5) is 25.2. The number of aromatic nitrogens is 1. The van der Waals surface area contributed by atoms with Crippen molar-refractivity contribution in [2.75, 3.05) is 0 Å². The molecule has 0 bridgehead atoms. The zero-order valence-electron chi connectivity index (χ0n) is 11.7. The number of hydrogen-bond acceptors (Lipinski definition) is 3. The van der Waals surface area contributed by atoms with Crippen molar-refractivity contribution in [1.29, 1.82) is 0 Å². The molecule has 0 spiro atoms. The number of hydrogen-bond donors (Lipinski definition) is 3. The molecule has 2 unspecified atom stereocenters. The predicted octanol–water partition coefficient (Wildman–Crippen LogP) is 1.55. The summed E-state index contributed by atoms with van der Waals surface area (Å²) < 4.78 is 0. The molecule has 2 aromatic rings. The first-order valence-corrected chi connectivity index (χ1v) is 6.77. The molecule has 5 nitrogen and oxygen atoms in total. The number of H-pyrrole nitrogens is 1. The molecule has 0 radical (unpaired) electrons. The van der Waals surface area contributed by atoms with Crippen molar-refractivity contribution >= 4 is 12.2 Å². The minimum atomic E-state index is -0.683. The predicted molar refractivity (Wildman–Crippen MR) is 79.3 cm³/mol. The van der Waals surface area contributed by atoms with Gasteiger partial charge in [0.2, 0.25) is 0 Å². The minimum Gasteiger partial charge on any atom is -0.391 e. The second kappa shape index (κ2) is 6.85. The fraction of sp³-hybridized carbons (Fsp3) is 0.250. The summed E-state index contributed by atoms with van der Waals surface area (Å²) in [6, 6.07) is 12.3. The molecule has 5 heteroatoms. The summed E-state index contributed by atoms with van der Waals surface area (Å²) in [7, 11) is 0. The first kappa shape index (κ1) is 15.0. The Morgan fingerprint density at radius 2 is 2.00 bits per heavy atom. The smallest absolute Gasteiger partial charge is 0.268 e. The van der Waals surface area contributed by atoms with E-state index in [0.717, 1.165) is 5.56 Å². The number of rotatable bonds is 6. The first-order valence-electron chi connectivity index (χ1n) is 6.77. The van der Waals surface area contributed by atoms with E-state index in [0.29, 0.717) is 24.1 Å². The highest BCUT2D eigenvalue weighted by Crippen LogP contribution is 2.07. The summed E-state index contributed by atoms with van der Waals surface area (Å²) in [5, 5.41) is 12.9. The standard InChI is InChI=1S/C16H18N2O3/c1-11(15(20)9-12-5-3-2-4-6-12)17-16(21)14-8-7-13(10-19)18-14/h2-8,10-11,15,18,20H,9H2,1H3,(H,17,21). The van der Waals surface area contributed by atoms with E-state index in [-0.39, 0.29) is 5.91 Å². The van der Waals surface area contributed by atoms with Crippen molar-refractivity contribution in [2.24, 2.45) is 0 Å². The van der Waals surface area contributed by atoms with Crippen molar-refractivity contribution < 1.29 is 14.7 Å². The molecule has 0 aliphatic rings. The second-order valence-electron chi connectivity index (χ2n) is 4.96. The van der Waals surface area contributed by atoms with Crippen molar-refractivity contribution in [3.8, 4) is 0 Å². The van der Waals surface area contributed by atoms with Gasteiger partial charge in [-0.2, -0.15) is 0 Å². The van der Waals surface area contributed by atoms with Crippen LogP contribution in [0.3, 0.4) is 0 Å². The van der Waals surface area contributed by atoms with Gasteiger partial charge in [0.25, 0.3) is 5.91 Å². The summed E-state index contributed by atoms with van der Waals surface area (Å²) in [6.45, 7) is 1.75. The summed E-state index contributed by atoms with van der Waals surface area (Å²) in [5.41, 5.74) is 1.66. The molecule has 2 rings (SSSR count). The Morgan fingerprint density at radius 1 is 1.29 bits per heavy atom. The summed E-state index contributed by atoms with van der Waals surface area (Å²) in [5.74, 6) is -0.345. The molecule has 0 saturated carbocycles. The maximum atomic E-state index is 12.0. The molecular weight excluding hydrogens is 268 g/mol. The normalized spacial score (nSPS) is 13.4. The van der Waals surface area contributed by atoms with Crippen LogP contribution in [0, 0.1) is 0 Å². The minimum absolute atomic E-state index is 0.302. The monoisotopic (exact) mass is 286 g/mol. The lowest BCUT2D eigenvalue weighted by Crippen LogP contribution is -2.42. The van der Waals surface area contributed by atoms with Gasteiger partial charge in [0.15, 0.2) is 6.29 Å². The van der Waals surface area contributed by atoms with Crippen LogP contribution in [0.4, 0.5) is 0 Å². The third-order valence-electron chi connectivity index (χ3n) is 3.30. The molecule has 110 valence electrons. The quantitative estimate of drug-likeness (QED) is 0.705. The number of nitrogens with one attached hydrogen (secondary N) is 2. The molecule has 2 atom stereocenters. The van der Waals surface area contributed by atoms with Crippen molar-refractivity contribution in [3.05, 3.63) is 59.4 Å². The zero-order valence-corrected chi connectivity index (χ0v) is 11.7. The molecule has 1 aromatic carbocycles. The van der Waals surface area contributed by atoms with Gasteiger partial charge in [0.1, 0.15) is 5.69 Å². The Bertz CT molecular complexity index is 607. The van der Waals surface area contributed by atoms with Crippen LogP contribution < -0.4 is 5.32 Å². The van der Waals surface area contributed by atoms with E-state index in [1.54, 1.807) is 6.92 Å². The van der Waals surface area contributed by atoms with Crippen LogP contribution in [-0.4, -0.2) is 34.4 Å². The van der Waals surface area contributed by atoms with Crippen molar-refractivity contribution in [1.82, 2.24) is 10.3 Å². The fourth-order valence-electron chi connectivity index (χ4n) is 2.03. The van der Waals surface area contributed by atoms with Crippen molar-refractivity contribution in [3.63, 3.8) is 0 Å². The van der Waals surface area contributed by atoms with Crippen molar-refractivity contribution in [2.45, 2.75) is 25.5 Å². The van der Waals surface area contributed by atoms with Crippen LogP contribution in [0.2, 0.25) is 0 Å². The molecule has 0 fully saturated rings. The third kappa shape index (κ3) is 4.03. The molecule has 3 N–H and O–H groups in total. The Balaban J connectivity index is 1.92. The van der Waals surface area contributed by atoms with Gasteiger partial charge < -0.3 is 15.4 Å². The number of carbonyl (C=O) groups excluding carboxylic acids is 2. The van der Waals surface area contributed by atoms with Gasteiger partial charge in [-0.3, -0.25) is 9.59 Å². The largest absolute Gasteiger partial charge is 0.391 e. The summed E-state index contributed by atoms with van der Waals surface area (Å²) >= 11 is 0. The van der Waals surface area contributed by atoms with Crippen LogP contribution in [0.1, 0.15) is 33.5 Å². The Morgan fingerprint density at radius 3 is 2.62 bits per heavy atom. The number of aliphatic hydroxyl groups excluding tert-OH is 1. The SMILES string of the molecule is CC(NC(=O)c1ccc(C=O)[nH]1)C(O)Cc1ccccc1. The Kier molecular flexibility index (Phi) is 4.90. The van der Waals surface area contributed by atoms with Crippen LogP contribution in [0.5, 0.6) is 0 Å². The van der Waals surface area contributed by atoms with Gasteiger partial charge in [-0.15, -0.1) is 0 Å². The first-order chi connectivity index (χ1) is 10.1. The van der Waals surface area contributed by atoms with Crippen LogP contribution in [-0.2, 0) is 6.42 Å². The number of aromatic amines is 1. The molecule has 1 aromatic heterocycles. The maximum Gasteiger partial charge on any atom is 0.268 e. The average Bonchev–Trinajstić information content (AvgIpc) is 2.97. The number of benzene rings is 1. The number of amides is 1. The zero-order chi connectivity index (χ0) is 15.2. The Hall–Kier alpha value is -2.40. The molecule has 1 amide bonds. The average molecular weight is 286 g/mol. The van der Waals surface area contributed by atoms with E-state index in [1.807, 2.05) is 30.3 Å². The van der Waals surface area contributed by atoms with E-state index in [4.69, 9.17) is 0 Å². The van der Waals surface area contributed by atoms with Gasteiger partial charge in [0.05, 0.1) is 17.8 Å². The fourth-order valence-corrected chi connectivity index (χ4v) is 2.03. The number of carbonyl (C=O) groups is 2. The topological polar surface area (TPSA) is 82.2 Å². The van der Waals surface area contributed by atoms with Crippen LogP contribution >= 0.6 is 0 Å². The molecular formula is C16H18N2O3. The highest BCUT2D eigenvalue weighted by molar-refractivity contribution is 5.93. The molecule has 0 aliphatic heterocycles. The van der Waals surface area contributed by atoms with E-state index in [2.05, 4.69) is 10.3 Å². The number of aldehydes is 1. The van der Waals surface area contributed by atoms with Crippen LogP contribution in [0.25, 0.3) is 0 Å². The second-order valence-corrected chi connectivity index (χ2v) is 4.96. The van der Waals surface area contributed by atoms with Gasteiger partial charge >= 0.3 is 0 Å². The highest BCUT2D eigenvalue weighted by atomic mass is 16.3. The number of aliphatic hydroxyl groups is 1. The maximum absolute atomic E-state index is 12.0. The van der Waals surface area contributed by atoms with E-state index < -0.39 is 12.1 Å². The Labute approximate surface area is 123 Å². The van der Waals surface area contributed by atoms with Crippen LogP contribution in [0.15, 0.2) is 42.5 Å². The van der Waals surface area contributed by atoms with Gasteiger partial charge in [0, 0.05) is 6.42 Å². The molecule has 21 heavy (non-hydrogen) atoms. The lowest BCUT2D eigenvalue weighted by atomic mass is 10.0. The lowest BCUT2D eigenvalue weighted by molar-refractivity contribution is 0.0847. The highest BCUT2D eigenvalue weighted by Gasteiger charge is 2.18. The van der Waals surface area contributed by atoms with Gasteiger partial charge in [-0.1, -0.05) is 30.3 Å². The summed E-state index contributed by atoms with van der Waals surface area (Å²) in [6.07, 6.45) is 0.425. The van der Waals surface area contributed by atoms with E-state index >= 15 is 0 Å². The van der Waals surface area contributed by atoms with E-state index in [1.165, 1.54) is 12.1 Å². The molecule has 0 saturated heterocycles. The lowest BCUT2D eigenvalue weighted by Gasteiger charge is -2.20. The van der Waals surface area contributed by atoms with Gasteiger partial charge in [-0.05, 0) is 24.6 Å². The van der Waals surface area contributed by atoms with Gasteiger partial charge in [-0.25, -0.2) is 0 Å².